The topological polar surface area (TPSA) is 34.4 Å². The first-order chi connectivity index (χ1) is 12.3. The second kappa shape index (κ2) is 6.78. The molecule has 0 aliphatic rings. The molecule has 0 fully saturated rings. The van der Waals surface area contributed by atoms with Crippen molar-refractivity contribution in [3.05, 3.63) is 69.7 Å². The lowest BCUT2D eigenvalue weighted by Gasteiger charge is -2.02. The number of fused-ring (bicyclic) bond motifs is 3. The molecule has 4 aromatic rings. The molecule has 0 aliphatic heterocycles. The second-order valence-electron chi connectivity index (χ2n) is 5.56. The van der Waals surface area contributed by atoms with Crippen LogP contribution in [0.25, 0.3) is 27.1 Å². The Morgan fingerprint density at radius 3 is 2.84 bits per heavy atom. The van der Waals surface area contributed by atoms with Gasteiger partial charge in [0.15, 0.2) is 4.80 Å². The molecule has 0 radical (unpaired) electrons. The maximum absolute atomic E-state index is 12.3. The van der Waals surface area contributed by atoms with E-state index in [0.29, 0.717) is 0 Å². The monoisotopic (exact) mass is 364 g/mol. The molecule has 0 aliphatic carbocycles. The zero-order valence-corrected chi connectivity index (χ0v) is 15.3. The molecule has 5 heteroatoms. The number of hydrogen-bond donors (Lipinski definition) is 0. The van der Waals surface area contributed by atoms with Gasteiger partial charge < -0.3 is 4.57 Å². The van der Waals surface area contributed by atoms with Gasteiger partial charge in [0, 0.05) is 22.9 Å². The normalized spacial score (nSPS) is 12.6. The van der Waals surface area contributed by atoms with E-state index in [4.69, 9.17) is 0 Å². The van der Waals surface area contributed by atoms with Crippen molar-refractivity contribution in [2.24, 2.45) is 4.99 Å². The molecule has 0 N–H and O–H groups in total. The van der Waals surface area contributed by atoms with Crippen LogP contribution < -0.4 is 4.80 Å². The van der Waals surface area contributed by atoms with Crippen LogP contribution in [0.3, 0.4) is 0 Å². The molecule has 25 heavy (non-hydrogen) atoms. The molecule has 1 amide bonds. The van der Waals surface area contributed by atoms with E-state index < -0.39 is 0 Å². The lowest BCUT2D eigenvalue weighted by atomic mass is 10.1. The summed E-state index contributed by atoms with van der Waals surface area (Å²) in [4.78, 5) is 18.4. The fourth-order valence-corrected chi connectivity index (χ4v) is 4.71. The van der Waals surface area contributed by atoms with E-state index in [1.54, 1.807) is 22.7 Å². The van der Waals surface area contributed by atoms with Gasteiger partial charge in [-0.25, -0.2) is 0 Å². The van der Waals surface area contributed by atoms with Crippen LogP contribution in [0, 0.1) is 0 Å². The molecule has 4 rings (SSSR count). The highest BCUT2D eigenvalue weighted by Gasteiger charge is 2.09. The van der Waals surface area contributed by atoms with E-state index >= 15 is 0 Å². The molecule has 0 atom stereocenters. The Morgan fingerprint density at radius 2 is 2.04 bits per heavy atom. The number of nitrogens with zero attached hydrogens (tertiary/aromatic N) is 2. The van der Waals surface area contributed by atoms with Gasteiger partial charge in [-0.1, -0.05) is 47.7 Å². The molecule has 2 heterocycles. The molecule has 0 spiro atoms. The molecule has 124 valence electrons. The Morgan fingerprint density at radius 1 is 1.16 bits per heavy atom. The third kappa shape index (κ3) is 3.08. The maximum Gasteiger partial charge on any atom is 0.272 e. The van der Waals surface area contributed by atoms with Crippen LogP contribution in [0.15, 0.2) is 65.0 Å². The van der Waals surface area contributed by atoms with Crippen LogP contribution >= 0.6 is 22.7 Å². The maximum atomic E-state index is 12.3. The highest BCUT2D eigenvalue weighted by molar-refractivity contribution is 7.17. The smallest absolute Gasteiger partial charge is 0.272 e. The van der Waals surface area contributed by atoms with Crippen LogP contribution in [-0.2, 0) is 11.3 Å². The van der Waals surface area contributed by atoms with Gasteiger partial charge in [-0.3, -0.25) is 4.79 Å². The van der Waals surface area contributed by atoms with E-state index in [1.807, 2.05) is 35.7 Å². The molecule has 0 saturated carbocycles. The van der Waals surface area contributed by atoms with Gasteiger partial charge >= 0.3 is 0 Å². The minimum Gasteiger partial charge on any atom is -0.317 e. The van der Waals surface area contributed by atoms with Gasteiger partial charge in [0.05, 0.1) is 10.2 Å². The van der Waals surface area contributed by atoms with Crippen LogP contribution in [0.4, 0.5) is 0 Å². The largest absolute Gasteiger partial charge is 0.317 e. The Balaban J connectivity index is 1.83. The number of amides is 1. The first-order valence-corrected chi connectivity index (χ1v) is 9.77. The molecular weight excluding hydrogens is 348 g/mol. The Bertz CT molecular complexity index is 1150. The van der Waals surface area contributed by atoms with Gasteiger partial charge in [-0.05, 0) is 35.9 Å². The van der Waals surface area contributed by atoms with Crippen LogP contribution in [0.2, 0.25) is 0 Å². The van der Waals surface area contributed by atoms with Gasteiger partial charge in [0.2, 0.25) is 0 Å². The summed E-state index contributed by atoms with van der Waals surface area (Å²) in [6, 6.07) is 16.5. The number of thiophene rings is 1. The summed E-state index contributed by atoms with van der Waals surface area (Å²) in [5, 5.41) is 4.40. The van der Waals surface area contributed by atoms with Crippen LogP contribution in [0.5, 0.6) is 0 Å². The van der Waals surface area contributed by atoms with Crippen molar-refractivity contribution < 1.29 is 4.79 Å². The van der Waals surface area contributed by atoms with Crippen molar-refractivity contribution in [3.63, 3.8) is 0 Å². The molecule has 3 nitrogen and oxygen atoms in total. The van der Waals surface area contributed by atoms with E-state index in [9.17, 15) is 4.79 Å². The first kappa shape index (κ1) is 16.0. The zero-order chi connectivity index (χ0) is 17.2. The van der Waals surface area contributed by atoms with Crippen molar-refractivity contribution in [2.75, 3.05) is 0 Å². The third-order valence-corrected chi connectivity index (χ3v) is 5.99. The average molecular weight is 364 g/mol. The van der Waals surface area contributed by atoms with Crippen LogP contribution in [0.1, 0.15) is 11.8 Å². The number of hydrogen-bond acceptors (Lipinski definition) is 3. The fraction of sp³-hybridized carbons (Fsp3) is 0.100. The molecule has 0 bridgehead atoms. The number of aryl methyl sites for hydroxylation is 1. The second-order valence-corrected chi connectivity index (χ2v) is 7.52. The summed E-state index contributed by atoms with van der Waals surface area (Å²) >= 11 is 3.17. The molecule has 2 aromatic carbocycles. The van der Waals surface area contributed by atoms with Crippen molar-refractivity contribution >= 4 is 55.6 Å². The molecular formula is C20H16N2OS2. The summed E-state index contributed by atoms with van der Waals surface area (Å²) in [7, 11) is 0. The highest BCUT2D eigenvalue weighted by atomic mass is 32.1. The third-order valence-electron chi connectivity index (χ3n) is 4.03. The number of benzene rings is 2. The summed E-state index contributed by atoms with van der Waals surface area (Å²) in [6.07, 6.45) is 3.35. The van der Waals surface area contributed by atoms with E-state index in [-0.39, 0.29) is 5.91 Å². The summed E-state index contributed by atoms with van der Waals surface area (Å²) in [5.74, 6) is -0.230. The Labute approximate surface area is 153 Å². The predicted octanol–water partition coefficient (Wildman–Crippen LogP) is 5.08. The van der Waals surface area contributed by atoms with E-state index in [0.717, 1.165) is 21.7 Å². The van der Waals surface area contributed by atoms with Gasteiger partial charge in [-0.15, -0.1) is 11.3 Å². The number of thiazole rings is 1. The van der Waals surface area contributed by atoms with Crippen molar-refractivity contribution in [1.29, 1.82) is 0 Å². The molecule has 2 aromatic heterocycles. The number of aromatic nitrogens is 1. The molecule has 0 unspecified atom stereocenters. The minimum absolute atomic E-state index is 0.230. The Kier molecular flexibility index (Phi) is 4.34. The number of carbonyl (C=O) groups excluding carboxylic acids is 1. The Hall–Kier alpha value is -2.50. The first-order valence-electron chi connectivity index (χ1n) is 8.07. The highest BCUT2D eigenvalue weighted by Crippen LogP contribution is 2.27. The summed E-state index contributed by atoms with van der Waals surface area (Å²) in [5.41, 5.74) is 1.12. The van der Waals surface area contributed by atoms with Crippen molar-refractivity contribution in [1.82, 2.24) is 4.57 Å². The number of rotatable bonds is 3. The van der Waals surface area contributed by atoms with E-state index in [2.05, 4.69) is 40.7 Å². The summed E-state index contributed by atoms with van der Waals surface area (Å²) < 4.78 is 3.28. The minimum atomic E-state index is -0.230. The average Bonchev–Trinajstić information content (AvgIpc) is 3.27. The van der Waals surface area contributed by atoms with Crippen molar-refractivity contribution in [3.8, 4) is 0 Å². The van der Waals surface area contributed by atoms with E-state index in [1.165, 1.54) is 21.5 Å². The summed E-state index contributed by atoms with van der Waals surface area (Å²) in [6.45, 7) is 2.85. The zero-order valence-electron chi connectivity index (χ0n) is 13.7. The standard InChI is InChI=1S/C20H16N2OS2/c1-2-22-17-11-9-14-6-3-4-8-16(14)19(17)25-20(22)21-18(23)12-10-15-7-5-13-24-15/h3-13H,2H2,1H3/b12-10+,21-20?. The quantitative estimate of drug-likeness (QED) is 0.467. The van der Waals surface area contributed by atoms with Gasteiger partial charge in [-0.2, -0.15) is 4.99 Å². The SMILES string of the molecule is CCn1c(=NC(=O)/C=C/c2cccs2)sc2c3ccccc3ccc21. The van der Waals surface area contributed by atoms with Gasteiger partial charge in [0.25, 0.3) is 5.91 Å². The lowest BCUT2D eigenvalue weighted by Crippen LogP contribution is -2.15. The molecule has 0 saturated heterocycles. The predicted molar refractivity (Wildman–Crippen MR) is 107 cm³/mol. The van der Waals surface area contributed by atoms with Gasteiger partial charge in [0.1, 0.15) is 0 Å². The van der Waals surface area contributed by atoms with Crippen molar-refractivity contribution in [2.45, 2.75) is 13.5 Å². The lowest BCUT2D eigenvalue weighted by molar-refractivity contribution is -0.113. The number of carbonyl (C=O) groups is 1. The van der Waals surface area contributed by atoms with Crippen LogP contribution in [-0.4, -0.2) is 10.5 Å². The fourth-order valence-electron chi connectivity index (χ4n) is 2.86.